The first kappa shape index (κ1) is 14.8. The second kappa shape index (κ2) is 5.08. The number of carboxylic acids is 1. The van der Waals surface area contributed by atoms with Crippen LogP contribution in [0.1, 0.15) is 20.7 Å². The summed E-state index contributed by atoms with van der Waals surface area (Å²) in [6.07, 6.45) is -5.12. The fraction of sp³-hybridized carbons (Fsp3) is 0.250. The predicted octanol–water partition coefficient (Wildman–Crippen LogP) is 1.02. The summed E-state index contributed by atoms with van der Waals surface area (Å²) in [5.74, 6) is -4.45. The van der Waals surface area contributed by atoms with Gasteiger partial charge in [-0.3, -0.25) is 9.59 Å². The lowest BCUT2D eigenvalue weighted by Crippen LogP contribution is -2.43. The summed E-state index contributed by atoms with van der Waals surface area (Å²) < 4.78 is 37.8. The van der Waals surface area contributed by atoms with Crippen LogP contribution in [-0.4, -0.2) is 42.2 Å². The number of carboxylic acid groups (broad SMARTS) is 1. The number of carbonyl (C=O) groups excluding carboxylic acids is 2. The molecule has 0 atom stereocenters. The molecule has 1 aromatic carbocycles. The number of hydrogen-bond acceptors (Lipinski definition) is 3. The lowest BCUT2D eigenvalue weighted by molar-refractivity contribution is -0.170. The van der Waals surface area contributed by atoms with Gasteiger partial charge in [0.25, 0.3) is 5.91 Å². The van der Waals surface area contributed by atoms with Gasteiger partial charge in [-0.1, -0.05) is 6.07 Å². The van der Waals surface area contributed by atoms with E-state index in [1.165, 1.54) is 6.07 Å². The van der Waals surface area contributed by atoms with Crippen molar-refractivity contribution in [2.75, 3.05) is 18.0 Å². The van der Waals surface area contributed by atoms with Gasteiger partial charge in [-0.25, -0.2) is 4.79 Å². The summed E-state index contributed by atoms with van der Waals surface area (Å²) in [7, 11) is 0. The second-order valence-corrected chi connectivity index (χ2v) is 4.22. The summed E-state index contributed by atoms with van der Waals surface area (Å²) in [5, 5.41) is 11.3. The summed E-state index contributed by atoms with van der Waals surface area (Å²) in [6.45, 7) is -0.617. The zero-order valence-electron chi connectivity index (χ0n) is 10.4. The number of fused-ring (bicyclic) bond motifs is 1. The van der Waals surface area contributed by atoms with E-state index in [2.05, 4.69) is 5.32 Å². The zero-order valence-corrected chi connectivity index (χ0v) is 10.4. The quantitative estimate of drug-likeness (QED) is 0.811. The number of amides is 2. The van der Waals surface area contributed by atoms with Gasteiger partial charge in [-0.2, -0.15) is 13.2 Å². The largest absolute Gasteiger partial charge is 0.478 e. The van der Waals surface area contributed by atoms with Crippen molar-refractivity contribution in [3.63, 3.8) is 0 Å². The highest BCUT2D eigenvalue weighted by Gasteiger charge is 2.44. The monoisotopic (exact) mass is 302 g/mol. The van der Waals surface area contributed by atoms with Crippen LogP contribution in [0.25, 0.3) is 0 Å². The number of halogens is 3. The van der Waals surface area contributed by atoms with E-state index in [1.54, 1.807) is 0 Å². The first-order chi connectivity index (χ1) is 9.73. The van der Waals surface area contributed by atoms with Crippen LogP contribution in [0.4, 0.5) is 18.9 Å². The number of carbonyl (C=O) groups is 3. The van der Waals surface area contributed by atoms with Gasteiger partial charge < -0.3 is 15.3 Å². The molecule has 21 heavy (non-hydrogen) atoms. The molecule has 2 rings (SSSR count). The van der Waals surface area contributed by atoms with Crippen molar-refractivity contribution in [3.8, 4) is 0 Å². The molecule has 0 aromatic heterocycles. The Labute approximate surface area is 116 Å². The lowest BCUT2D eigenvalue weighted by Gasteiger charge is -2.23. The Balaban J connectivity index is 2.63. The maximum absolute atomic E-state index is 12.6. The van der Waals surface area contributed by atoms with E-state index < -0.39 is 41.6 Å². The van der Waals surface area contributed by atoms with Gasteiger partial charge in [0.05, 0.1) is 16.8 Å². The van der Waals surface area contributed by atoms with Crippen LogP contribution in [-0.2, 0) is 4.79 Å². The van der Waals surface area contributed by atoms with E-state index in [4.69, 9.17) is 5.11 Å². The molecule has 2 N–H and O–H groups in total. The molecular formula is C12H9F3N2O4. The molecule has 112 valence electrons. The number of nitrogens with zero attached hydrogens (tertiary/aromatic N) is 1. The summed E-state index contributed by atoms with van der Waals surface area (Å²) in [4.78, 5) is 34.8. The van der Waals surface area contributed by atoms with Crippen LogP contribution in [0, 0.1) is 0 Å². The molecule has 0 saturated carbocycles. The third kappa shape index (κ3) is 2.67. The van der Waals surface area contributed by atoms with Crippen LogP contribution in [0.15, 0.2) is 18.2 Å². The SMILES string of the molecule is O=C(O)c1cccc2c1C(=O)NCCN2C(=O)C(F)(F)F. The van der Waals surface area contributed by atoms with Gasteiger partial charge in [-0.05, 0) is 12.1 Å². The summed E-state index contributed by atoms with van der Waals surface area (Å²) in [6, 6.07) is 3.37. The average molecular weight is 302 g/mol. The Morgan fingerprint density at radius 2 is 1.95 bits per heavy atom. The molecule has 0 radical (unpaired) electrons. The first-order valence-corrected chi connectivity index (χ1v) is 5.76. The van der Waals surface area contributed by atoms with Gasteiger partial charge in [0.15, 0.2) is 0 Å². The Bertz CT molecular complexity index is 627. The number of nitrogens with one attached hydrogen (secondary N) is 1. The number of alkyl halides is 3. The summed E-state index contributed by atoms with van der Waals surface area (Å²) in [5.41, 5.74) is -1.29. The van der Waals surface area contributed by atoms with Crippen LogP contribution < -0.4 is 10.2 Å². The molecule has 1 aliphatic heterocycles. The van der Waals surface area contributed by atoms with Gasteiger partial charge >= 0.3 is 18.1 Å². The maximum atomic E-state index is 12.6. The van der Waals surface area contributed by atoms with Gasteiger partial charge in [0.1, 0.15) is 0 Å². The minimum atomic E-state index is -5.12. The van der Waals surface area contributed by atoms with Crippen molar-refractivity contribution < 1.29 is 32.7 Å². The predicted molar refractivity (Wildman–Crippen MR) is 64.1 cm³/mol. The third-order valence-corrected chi connectivity index (χ3v) is 2.90. The molecule has 1 aromatic rings. The molecule has 0 saturated heterocycles. The summed E-state index contributed by atoms with van der Waals surface area (Å²) >= 11 is 0. The van der Waals surface area contributed by atoms with E-state index in [0.29, 0.717) is 4.90 Å². The van der Waals surface area contributed by atoms with Crippen molar-refractivity contribution in [1.82, 2.24) is 5.32 Å². The zero-order chi connectivity index (χ0) is 15.8. The Hall–Kier alpha value is -2.58. The number of anilines is 1. The Morgan fingerprint density at radius 1 is 1.29 bits per heavy atom. The minimum absolute atomic E-state index is 0.214. The highest BCUT2D eigenvalue weighted by Crippen LogP contribution is 2.29. The lowest BCUT2D eigenvalue weighted by atomic mass is 10.0. The van der Waals surface area contributed by atoms with E-state index in [-0.39, 0.29) is 12.2 Å². The number of aromatic carboxylic acids is 1. The standard InChI is InChI=1S/C12H9F3N2O4/c13-12(14,15)11(21)17-5-4-16-9(18)8-6(10(19)20)2-1-3-7(8)17/h1-3H,4-5H2,(H,16,18)(H,19,20). The molecule has 0 spiro atoms. The fourth-order valence-electron chi connectivity index (χ4n) is 2.04. The number of hydrogen-bond donors (Lipinski definition) is 2. The molecular weight excluding hydrogens is 293 g/mol. The van der Waals surface area contributed by atoms with E-state index in [0.717, 1.165) is 12.1 Å². The minimum Gasteiger partial charge on any atom is -0.478 e. The molecule has 0 aliphatic carbocycles. The van der Waals surface area contributed by atoms with Crippen molar-refractivity contribution in [1.29, 1.82) is 0 Å². The van der Waals surface area contributed by atoms with Crippen molar-refractivity contribution in [2.45, 2.75) is 6.18 Å². The third-order valence-electron chi connectivity index (χ3n) is 2.90. The molecule has 6 nitrogen and oxygen atoms in total. The first-order valence-electron chi connectivity index (χ1n) is 5.76. The smallest absolute Gasteiger partial charge is 0.471 e. The van der Waals surface area contributed by atoms with Crippen LogP contribution >= 0.6 is 0 Å². The number of benzene rings is 1. The van der Waals surface area contributed by atoms with Gasteiger partial charge in [0.2, 0.25) is 0 Å². The second-order valence-electron chi connectivity index (χ2n) is 4.22. The average Bonchev–Trinajstić information content (AvgIpc) is 2.56. The normalized spacial score (nSPS) is 15.0. The van der Waals surface area contributed by atoms with E-state index >= 15 is 0 Å². The van der Waals surface area contributed by atoms with Gasteiger partial charge in [0, 0.05) is 13.1 Å². The molecule has 9 heteroatoms. The highest BCUT2D eigenvalue weighted by atomic mass is 19.4. The van der Waals surface area contributed by atoms with Crippen LogP contribution in [0.5, 0.6) is 0 Å². The van der Waals surface area contributed by atoms with E-state index in [9.17, 15) is 27.6 Å². The Kier molecular flexibility index (Phi) is 3.58. The van der Waals surface area contributed by atoms with Crippen LogP contribution in [0.2, 0.25) is 0 Å². The number of rotatable bonds is 1. The maximum Gasteiger partial charge on any atom is 0.471 e. The topological polar surface area (TPSA) is 86.7 Å². The van der Waals surface area contributed by atoms with Crippen molar-refractivity contribution in [3.05, 3.63) is 29.3 Å². The van der Waals surface area contributed by atoms with Crippen molar-refractivity contribution >= 4 is 23.5 Å². The van der Waals surface area contributed by atoms with E-state index in [1.807, 2.05) is 0 Å². The van der Waals surface area contributed by atoms with Crippen molar-refractivity contribution in [2.24, 2.45) is 0 Å². The van der Waals surface area contributed by atoms with Crippen LogP contribution in [0.3, 0.4) is 0 Å². The molecule has 1 heterocycles. The molecule has 0 bridgehead atoms. The Morgan fingerprint density at radius 3 is 2.52 bits per heavy atom. The molecule has 0 unspecified atom stereocenters. The fourth-order valence-corrected chi connectivity index (χ4v) is 2.04. The van der Waals surface area contributed by atoms with Gasteiger partial charge in [-0.15, -0.1) is 0 Å². The molecule has 1 aliphatic rings. The molecule has 2 amide bonds. The molecule has 0 fully saturated rings. The highest BCUT2D eigenvalue weighted by molar-refractivity contribution is 6.12.